The van der Waals surface area contributed by atoms with Crippen molar-refractivity contribution < 1.29 is 0 Å². The van der Waals surface area contributed by atoms with Gasteiger partial charge in [0, 0.05) is 19.4 Å². The van der Waals surface area contributed by atoms with Crippen molar-refractivity contribution in [1.82, 2.24) is 14.9 Å². The van der Waals surface area contributed by atoms with Gasteiger partial charge in [-0.2, -0.15) is 0 Å². The number of imidazole rings is 1. The summed E-state index contributed by atoms with van der Waals surface area (Å²) in [6, 6.07) is 0.435. The first-order chi connectivity index (χ1) is 9.27. The smallest absolute Gasteiger partial charge is 0.125 e. The van der Waals surface area contributed by atoms with E-state index >= 15 is 0 Å². The van der Waals surface area contributed by atoms with E-state index in [9.17, 15) is 0 Å². The van der Waals surface area contributed by atoms with E-state index in [1.807, 2.05) is 6.20 Å². The van der Waals surface area contributed by atoms with Gasteiger partial charge in [0.25, 0.3) is 0 Å². The van der Waals surface area contributed by atoms with Gasteiger partial charge >= 0.3 is 0 Å². The number of aryl methyl sites for hydroxylation is 1. The van der Waals surface area contributed by atoms with Gasteiger partial charge in [-0.15, -0.1) is 0 Å². The standard InChI is InChI=1S/C16H29N3/c1-4-10-17-15(16-18-11-12-19(16)3)14-9-7-6-8-13(14)5-2/h11-15,17H,4-10H2,1-3H3. The van der Waals surface area contributed by atoms with Crippen LogP contribution in [0.2, 0.25) is 0 Å². The molecule has 1 N–H and O–H groups in total. The summed E-state index contributed by atoms with van der Waals surface area (Å²) in [6.45, 7) is 5.67. The zero-order chi connectivity index (χ0) is 13.7. The zero-order valence-electron chi connectivity index (χ0n) is 12.7. The molecule has 3 unspecified atom stereocenters. The van der Waals surface area contributed by atoms with Gasteiger partial charge < -0.3 is 9.88 Å². The molecule has 2 rings (SSSR count). The third kappa shape index (κ3) is 3.38. The number of hydrogen-bond acceptors (Lipinski definition) is 2. The summed E-state index contributed by atoms with van der Waals surface area (Å²) in [6.07, 6.45) is 12.0. The Morgan fingerprint density at radius 1 is 1.37 bits per heavy atom. The normalized spacial score (nSPS) is 25.4. The zero-order valence-corrected chi connectivity index (χ0v) is 12.7. The van der Waals surface area contributed by atoms with E-state index in [2.05, 4.69) is 42.0 Å². The molecule has 0 aliphatic heterocycles. The van der Waals surface area contributed by atoms with E-state index in [1.165, 1.54) is 44.3 Å². The SMILES string of the molecule is CCCNC(c1nccn1C)C1CCCCC1CC. The molecule has 1 aliphatic carbocycles. The van der Waals surface area contributed by atoms with Gasteiger partial charge in [-0.05, 0) is 31.2 Å². The molecule has 3 nitrogen and oxygen atoms in total. The number of nitrogens with one attached hydrogen (secondary N) is 1. The highest BCUT2D eigenvalue weighted by Crippen LogP contribution is 2.39. The molecule has 1 aromatic rings. The maximum atomic E-state index is 4.61. The second-order valence-corrected chi connectivity index (χ2v) is 5.94. The summed E-state index contributed by atoms with van der Waals surface area (Å²) in [4.78, 5) is 4.61. The molecule has 19 heavy (non-hydrogen) atoms. The summed E-state index contributed by atoms with van der Waals surface area (Å²) in [7, 11) is 2.12. The Kier molecular flexibility index (Phi) is 5.44. The highest BCUT2D eigenvalue weighted by atomic mass is 15.1. The van der Waals surface area contributed by atoms with Crippen molar-refractivity contribution in [2.45, 2.75) is 58.4 Å². The molecular formula is C16H29N3. The number of nitrogens with zero attached hydrogens (tertiary/aromatic N) is 2. The van der Waals surface area contributed by atoms with Crippen LogP contribution in [0.25, 0.3) is 0 Å². The third-order valence-corrected chi connectivity index (χ3v) is 4.67. The molecular weight excluding hydrogens is 234 g/mol. The van der Waals surface area contributed by atoms with Crippen LogP contribution < -0.4 is 5.32 Å². The van der Waals surface area contributed by atoms with Crippen molar-refractivity contribution in [1.29, 1.82) is 0 Å². The second kappa shape index (κ2) is 7.09. The first kappa shape index (κ1) is 14.6. The Morgan fingerprint density at radius 2 is 2.16 bits per heavy atom. The van der Waals surface area contributed by atoms with E-state index in [0.717, 1.165) is 18.4 Å². The Morgan fingerprint density at radius 3 is 2.79 bits per heavy atom. The van der Waals surface area contributed by atoms with Crippen LogP contribution >= 0.6 is 0 Å². The van der Waals surface area contributed by atoms with Gasteiger partial charge in [0.15, 0.2) is 0 Å². The minimum absolute atomic E-state index is 0.435. The largest absolute Gasteiger partial charge is 0.337 e. The van der Waals surface area contributed by atoms with E-state index < -0.39 is 0 Å². The van der Waals surface area contributed by atoms with Gasteiger partial charge in [0.2, 0.25) is 0 Å². The molecule has 0 radical (unpaired) electrons. The lowest BCUT2D eigenvalue weighted by atomic mass is 9.73. The highest BCUT2D eigenvalue weighted by molar-refractivity contribution is 5.03. The molecule has 3 atom stereocenters. The van der Waals surface area contributed by atoms with E-state index in [-0.39, 0.29) is 0 Å². The maximum absolute atomic E-state index is 4.61. The molecule has 0 saturated heterocycles. The lowest BCUT2D eigenvalue weighted by Crippen LogP contribution is -2.36. The van der Waals surface area contributed by atoms with Crippen LogP contribution in [0.15, 0.2) is 12.4 Å². The fraction of sp³-hybridized carbons (Fsp3) is 0.812. The maximum Gasteiger partial charge on any atom is 0.125 e. The van der Waals surface area contributed by atoms with Crippen LogP contribution in [0, 0.1) is 11.8 Å². The van der Waals surface area contributed by atoms with Crippen molar-refractivity contribution in [3.8, 4) is 0 Å². The Balaban J connectivity index is 2.18. The number of aromatic nitrogens is 2. The second-order valence-electron chi connectivity index (χ2n) is 5.94. The van der Waals surface area contributed by atoms with Crippen LogP contribution in [-0.2, 0) is 7.05 Å². The van der Waals surface area contributed by atoms with Crippen molar-refractivity contribution >= 4 is 0 Å². The monoisotopic (exact) mass is 263 g/mol. The predicted octanol–water partition coefficient (Wildman–Crippen LogP) is 3.68. The van der Waals surface area contributed by atoms with Crippen LogP contribution in [0.3, 0.4) is 0 Å². The summed E-state index contributed by atoms with van der Waals surface area (Å²) in [5.41, 5.74) is 0. The lowest BCUT2D eigenvalue weighted by molar-refractivity contribution is 0.169. The Labute approximate surface area is 117 Å². The van der Waals surface area contributed by atoms with E-state index in [4.69, 9.17) is 0 Å². The highest BCUT2D eigenvalue weighted by Gasteiger charge is 2.33. The molecule has 108 valence electrons. The van der Waals surface area contributed by atoms with Gasteiger partial charge in [-0.3, -0.25) is 0 Å². The first-order valence-corrected chi connectivity index (χ1v) is 7.98. The van der Waals surface area contributed by atoms with Crippen LogP contribution in [0.5, 0.6) is 0 Å². The lowest BCUT2D eigenvalue weighted by Gasteiger charge is -2.37. The molecule has 1 aromatic heterocycles. The van der Waals surface area contributed by atoms with Gasteiger partial charge in [-0.25, -0.2) is 4.98 Å². The van der Waals surface area contributed by atoms with Crippen LogP contribution in [-0.4, -0.2) is 16.1 Å². The van der Waals surface area contributed by atoms with Gasteiger partial charge in [0.05, 0.1) is 6.04 Å². The van der Waals surface area contributed by atoms with E-state index in [1.54, 1.807) is 0 Å². The minimum Gasteiger partial charge on any atom is -0.337 e. The van der Waals surface area contributed by atoms with Crippen LogP contribution in [0.4, 0.5) is 0 Å². The molecule has 1 heterocycles. The number of hydrogen-bond donors (Lipinski definition) is 1. The van der Waals surface area contributed by atoms with Crippen LogP contribution in [0.1, 0.15) is 64.2 Å². The average Bonchev–Trinajstić information content (AvgIpc) is 2.86. The quantitative estimate of drug-likeness (QED) is 0.848. The van der Waals surface area contributed by atoms with Crippen molar-refractivity contribution in [3.63, 3.8) is 0 Å². The molecule has 1 aliphatic rings. The van der Waals surface area contributed by atoms with Gasteiger partial charge in [0.1, 0.15) is 5.82 Å². The predicted molar refractivity (Wildman–Crippen MR) is 80.0 cm³/mol. The molecule has 0 aromatic carbocycles. The summed E-state index contributed by atoms with van der Waals surface area (Å²) < 4.78 is 2.19. The van der Waals surface area contributed by atoms with Gasteiger partial charge in [-0.1, -0.05) is 39.5 Å². The molecule has 0 amide bonds. The summed E-state index contributed by atoms with van der Waals surface area (Å²) >= 11 is 0. The molecule has 0 bridgehead atoms. The van der Waals surface area contributed by atoms with E-state index in [0.29, 0.717) is 6.04 Å². The molecule has 1 saturated carbocycles. The number of rotatable bonds is 6. The molecule has 3 heteroatoms. The Bertz CT molecular complexity index is 372. The van der Waals surface area contributed by atoms with Crippen molar-refractivity contribution in [3.05, 3.63) is 18.2 Å². The fourth-order valence-corrected chi connectivity index (χ4v) is 3.59. The molecule has 0 spiro atoms. The van der Waals surface area contributed by atoms with Crippen molar-refractivity contribution in [2.75, 3.05) is 6.54 Å². The topological polar surface area (TPSA) is 29.9 Å². The average molecular weight is 263 g/mol. The summed E-state index contributed by atoms with van der Waals surface area (Å²) in [5.74, 6) is 2.84. The Hall–Kier alpha value is -0.830. The van der Waals surface area contributed by atoms with Crippen molar-refractivity contribution in [2.24, 2.45) is 18.9 Å². The fourth-order valence-electron chi connectivity index (χ4n) is 3.59. The summed E-state index contributed by atoms with van der Waals surface area (Å²) in [5, 5.41) is 3.76. The third-order valence-electron chi connectivity index (χ3n) is 4.67. The first-order valence-electron chi connectivity index (χ1n) is 7.98. The molecule has 1 fully saturated rings. The minimum atomic E-state index is 0.435.